The molecule has 3 heteroatoms. The summed E-state index contributed by atoms with van der Waals surface area (Å²) in [6, 6.07) is 5.92. The highest BCUT2D eigenvalue weighted by Gasteiger charge is 2.09. The molecule has 1 saturated heterocycles. The average Bonchev–Trinajstić information content (AvgIpc) is 2.57. The Bertz CT molecular complexity index is 467. The fraction of sp³-hybridized carbons (Fsp3) is 0.400. The standard InChI is InChI=1S/C15H20N2O/c1-11-5-6-13(12(2)9-11)14(18)10-15-16-7-3-4-8-17-15/h5-6,9-10,16-17H,3-4,7-8H2,1-2H3. The van der Waals surface area contributed by atoms with Gasteiger partial charge in [-0.05, 0) is 32.3 Å². The predicted molar refractivity (Wildman–Crippen MR) is 73.6 cm³/mol. The second-order valence-corrected chi connectivity index (χ2v) is 4.80. The quantitative estimate of drug-likeness (QED) is 0.619. The number of rotatable bonds is 2. The van der Waals surface area contributed by atoms with E-state index in [2.05, 4.69) is 10.6 Å². The summed E-state index contributed by atoms with van der Waals surface area (Å²) in [5.74, 6) is 0.905. The van der Waals surface area contributed by atoms with Crippen LogP contribution in [0.4, 0.5) is 0 Å². The zero-order valence-electron chi connectivity index (χ0n) is 11.0. The Hall–Kier alpha value is -1.77. The van der Waals surface area contributed by atoms with E-state index in [-0.39, 0.29) is 5.78 Å². The molecule has 1 aromatic rings. The molecule has 0 radical (unpaired) electrons. The first kappa shape index (κ1) is 12.7. The fourth-order valence-corrected chi connectivity index (χ4v) is 2.16. The van der Waals surface area contributed by atoms with Crippen molar-refractivity contribution in [3.8, 4) is 0 Å². The zero-order valence-corrected chi connectivity index (χ0v) is 11.0. The van der Waals surface area contributed by atoms with Crippen LogP contribution < -0.4 is 10.6 Å². The molecule has 0 spiro atoms. The summed E-state index contributed by atoms with van der Waals surface area (Å²) in [5, 5.41) is 6.48. The van der Waals surface area contributed by atoms with Crippen LogP contribution in [0.2, 0.25) is 0 Å². The van der Waals surface area contributed by atoms with Gasteiger partial charge in [0.2, 0.25) is 0 Å². The predicted octanol–water partition coefficient (Wildman–Crippen LogP) is 2.30. The maximum Gasteiger partial charge on any atom is 0.189 e. The van der Waals surface area contributed by atoms with Crippen molar-refractivity contribution >= 4 is 5.78 Å². The van der Waals surface area contributed by atoms with Crippen molar-refractivity contribution in [3.05, 3.63) is 46.8 Å². The zero-order chi connectivity index (χ0) is 13.0. The molecule has 0 aliphatic carbocycles. The first-order chi connectivity index (χ1) is 8.66. The van der Waals surface area contributed by atoms with Crippen LogP contribution in [0.1, 0.15) is 34.3 Å². The summed E-state index contributed by atoms with van der Waals surface area (Å²) in [6.07, 6.45) is 3.95. The molecule has 3 nitrogen and oxygen atoms in total. The molecule has 1 aromatic carbocycles. The number of carbonyl (C=O) groups excluding carboxylic acids is 1. The number of carbonyl (C=O) groups is 1. The van der Waals surface area contributed by atoms with E-state index in [1.54, 1.807) is 6.08 Å². The van der Waals surface area contributed by atoms with Crippen LogP contribution in [0.5, 0.6) is 0 Å². The van der Waals surface area contributed by atoms with Crippen molar-refractivity contribution in [2.45, 2.75) is 26.7 Å². The number of aryl methyl sites for hydroxylation is 2. The van der Waals surface area contributed by atoms with Crippen molar-refractivity contribution in [2.24, 2.45) is 0 Å². The monoisotopic (exact) mass is 244 g/mol. The summed E-state index contributed by atoms with van der Waals surface area (Å²) >= 11 is 0. The number of nitrogens with one attached hydrogen (secondary N) is 2. The van der Waals surface area contributed by atoms with E-state index in [1.807, 2.05) is 32.0 Å². The molecular weight excluding hydrogens is 224 g/mol. The van der Waals surface area contributed by atoms with E-state index < -0.39 is 0 Å². The van der Waals surface area contributed by atoms with Crippen molar-refractivity contribution < 1.29 is 4.79 Å². The molecule has 0 atom stereocenters. The highest BCUT2D eigenvalue weighted by molar-refractivity contribution is 6.05. The van der Waals surface area contributed by atoms with Crippen molar-refractivity contribution in [2.75, 3.05) is 13.1 Å². The third kappa shape index (κ3) is 3.13. The molecule has 2 rings (SSSR count). The number of hydrogen-bond acceptors (Lipinski definition) is 3. The van der Waals surface area contributed by atoms with E-state index >= 15 is 0 Å². The molecule has 2 N–H and O–H groups in total. The third-order valence-corrected chi connectivity index (χ3v) is 3.16. The van der Waals surface area contributed by atoms with Crippen molar-refractivity contribution in [3.63, 3.8) is 0 Å². The molecule has 1 aliphatic heterocycles. The van der Waals surface area contributed by atoms with E-state index in [1.165, 1.54) is 5.56 Å². The summed E-state index contributed by atoms with van der Waals surface area (Å²) in [4.78, 5) is 12.2. The SMILES string of the molecule is Cc1ccc(C(=O)C=C2NCCCCN2)c(C)c1. The van der Waals surface area contributed by atoms with Crippen LogP contribution in [0, 0.1) is 13.8 Å². The maximum atomic E-state index is 12.2. The second-order valence-electron chi connectivity index (χ2n) is 4.80. The summed E-state index contributed by atoms with van der Waals surface area (Å²) in [6.45, 7) is 5.87. The highest BCUT2D eigenvalue weighted by atomic mass is 16.1. The molecule has 1 aliphatic rings. The van der Waals surface area contributed by atoms with E-state index in [9.17, 15) is 4.79 Å². The van der Waals surface area contributed by atoms with Crippen LogP contribution >= 0.6 is 0 Å². The molecule has 96 valence electrons. The van der Waals surface area contributed by atoms with Gasteiger partial charge in [0.15, 0.2) is 5.78 Å². The van der Waals surface area contributed by atoms with Crippen LogP contribution in [0.3, 0.4) is 0 Å². The molecule has 0 aromatic heterocycles. The summed E-state index contributed by atoms with van der Waals surface area (Å²) in [5.41, 5.74) is 2.99. The highest BCUT2D eigenvalue weighted by Crippen LogP contribution is 2.12. The Balaban J connectivity index is 2.17. The van der Waals surface area contributed by atoms with Crippen LogP contribution in [0.25, 0.3) is 0 Å². The third-order valence-electron chi connectivity index (χ3n) is 3.16. The Morgan fingerprint density at radius 2 is 1.83 bits per heavy atom. The minimum Gasteiger partial charge on any atom is -0.372 e. The molecule has 0 bridgehead atoms. The largest absolute Gasteiger partial charge is 0.372 e. The lowest BCUT2D eigenvalue weighted by Crippen LogP contribution is -2.25. The van der Waals surface area contributed by atoms with Crippen LogP contribution in [-0.4, -0.2) is 18.9 Å². The molecule has 18 heavy (non-hydrogen) atoms. The van der Waals surface area contributed by atoms with Crippen LogP contribution in [-0.2, 0) is 0 Å². The van der Waals surface area contributed by atoms with Gasteiger partial charge in [-0.2, -0.15) is 0 Å². The van der Waals surface area contributed by atoms with Crippen LogP contribution in [0.15, 0.2) is 30.1 Å². The first-order valence-corrected chi connectivity index (χ1v) is 6.48. The van der Waals surface area contributed by atoms with Gasteiger partial charge in [-0.1, -0.05) is 23.8 Å². The minimum atomic E-state index is 0.0596. The van der Waals surface area contributed by atoms with Crippen molar-refractivity contribution in [1.82, 2.24) is 10.6 Å². The molecule has 0 unspecified atom stereocenters. The van der Waals surface area contributed by atoms with Gasteiger partial charge in [-0.3, -0.25) is 4.79 Å². The normalized spacial score (nSPS) is 15.3. The van der Waals surface area contributed by atoms with E-state index in [0.717, 1.165) is 42.9 Å². The van der Waals surface area contributed by atoms with Gasteiger partial charge in [0, 0.05) is 24.7 Å². The Morgan fingerprint density at radius 1 is 1.17 bits per heavy atom. The van der Waals surface area contributed by atoms with Gasteiger partial charge in [0.1, 0.15) is 5.82 Å². The van der Waals surface area contributed by atoms with Gasteiger partial charge in [-0.15, -0.1) is 0 Å². The lowest BCUT2D eigenvalue weighted by molar-refractivity contribution is 0.104. The molecule has 1 fully saturated rings. The topological polar surface area (TPSA) is 41.1 Å². The van der Waals surface area contributed by atoms with E-state index in [0.29, 0.717) is 0 Å². The van der Waals surface area contributed by atoms with Gasteiger partial charge >= 0.3 is 0 Å². The number of ketones is 1. The molecule has 0 saturated carbocycles. The van der Waals surface area contributed by atoms with Crippen molar-refractivity contribution in [1.29, 1.82) is 0 Å². The van der Waals surface area contributed by atoms with E-state index in [4.69, 9.17) is 0 Å². The summed E-state index contributed by atoms with van der Waals surface area (Å²) < 4.78 is 0. The summed E-state index contributed by atoms with van der Waals surface area (Å²) in [7, 11) is 0. The number of benzene rings is 1. The maximum absolute atomic E-state index is 12.2. The Kier molecular flexibility index (Phi) is 4.03. The molecule has 1 heterocycles. The number of allylic oxidation sites excluding steroid dienone is 1. The van der Waals surface area contributed by atoms with Gasteiger partial charge in [-0.25, -0.2) is 0 Å². The molecular formula is C15H20N2O. The lowest BCUT2D eigenvalue weighted by Gasteiger charge is -2.09. The second kappa shape index (κ2) is 5.71. The lowest BCUT2D eigenvalue weighted by atomic mass is 10.0. The minimum absolute atomic E-state index is 0.0596. The average molecular weight is 244 g/mol. The number of hydrogen-bond donors (Lipinski definition) is 2. The fourth-order valence-electron chi connectivity index (χ4n) is 2.16. The Morgan fingerprint density at radius 3 is 2.44 bits per heavy atom. The Labute approximate surface area is 108 Å². The molecule has 0 amide bonds. The van der Waals surface area contributed by atoms with Gasteiger partial charge in [0.05, 0.1) is 0 Å². The van der Waals surface area contributed by atoms with Gasteiger partial charge in [0.25, 0.3) is 0 Å². The smallest absolute Gasteiger partial charge is 0.189 e. The first-order valence-electron chi connectivity index (χ1n) is 6.48. The van der Waals surface area contributed by atoms with Gasteiger partial charge < -0.3 is 10.6 Å².